The molecule has 8 heteroatoms. The number of hydrogen-bond donors (Lipinski definition) is 1. The van der Waals surface area contributed by atoms with Gasteiger partial charge in [0.2, 0.25) is 10.0 Å². The summed E-state index contributed by atoms with van der Waals surface area (Å²) < 4.78 is 27.5. The van der Waals surface area contributed by atoms with Crippen molar-refractivity contribution in [1.82, 2.24) is 4.72 Å². The van der Waals surface area contributed by atoms with Crippen molar-refractivity contribution < 1.29 is 8.42 Å². The molecular weight excluding hydrogens is 381 g/mol. The average Bonchev–Trinajstić information content (AvgIpc) is 2.58. The van der Waals surface area contributed by atoms with E-state index in [1.807, 2.05) is 13.8 Å². The molecule has 0 unspecified atom stereocenters. The van der Waals surface area contributed by atoms with Crippen LogP contribution in [0.2, 0.25) is 5.02 Å². The van der Waals surface area contributed by atoms with Crippen LogP contribution in [0.4, 0.5) is 0 Å². The predicted molar refractivity (Wildman–Crippen MR) is 81.3 cm³/mol. The standard InChI is InChI=1S/C10H14BrCl2NO2S2/c1-10(2,3-4-12)6-14-18(15,16)8-5-7(13)9(11)17-8/h5,14H,3-4,6H2,1-2H3. The van der Waals surface area contributed by atoms with Crippen molar-refractivity contribution in [2.45, 2.75) is 24.5 Å². The fourth-order valence-electron chi connectivity index (χ4n) is 1.16. The topological polar surface area (TPSA) is 46.2 Å². The van der Waals surface area contributed by atoms with Crippen LogP contribution in [0.1, 0.15) is 20.3 Å². The Hall–Kier alpha value is 0.670. The van der Waals surface area contributed by atoms with Crippen LogP contribution in [-0.2, 0) is 10.0 Å². The number of nitrogens with one attached hydrogen (secondary N) is 1. The second-order valence-electron chi connectivity index (χ2n) is 4.61. The first kappa shape index (κ1) is 16.7. The molecule has 0 amide bonds. The summed E-state index contributed by atoms with van der Waals surface area (Å²) >= 11 is 15.8. The molecule has 3 nitrogen and oxygen atoms in total. The van der Waals surface area contributed by atoms with Gasteiger partial charge in [0, 0.05) is 12.4 Å². The number of halogens is 3. The summed E-state index contributed by atoms with van der Waals surface area (Å²) in [6.07, 6.45) is 0.742. The molecule has 0 spiro atoms. The monoisotopic (exact) mass is 393 g/mol. The highest BCUT2D eigenvalue weighted by Crippen LogP contribution is 2.34. The van der Waals surface area contributed by atoms with E-state index in [4.69, 9.17) is 23.2 Å². The third-order valence-electron chi connectivity index (χ3n) is 2.40. The molecule has 0 bridgehead atoms. The molecule has 18 heavy (non-hydrogen) atoms. The zero-order valence-electron chi connectivity index (χ0n) is 9.97. The molecule has 0 aliphatic carbocycles. The normalized spacial score (nSPS) is 12.9. The van der Waals surface area contributed by atoms with E-state index in [-0.39, 0.29) is 9.62 Å². The van der Waals surface area contributed by atoms with Gasteiger partial charge in [-0.3, -0.25) is 0 Å². The van der Waals surface area contributed by atoms with Gasteiger partial charge >= 0.3 is 0 Å². The molecule has 1 rings (SSSR count). The van der Waals surface area contributed by atoms with Gasteiger partial charge in [-0.2, -0.15) is 0 Å². The molecule has 104 valence electrons. The minimum atomic E-state index is -3.50. The van der Waals surface area contributed by atoms with E-state index in [1.165, 1.54) is 6.07 Å². The maximum Gasteiger partial charge on any atom is 0.250 e. The lowest BCUT2D eigenvalue weighted by Gasteiger charge is -2.23. The highest BCUT2D eigenvalue weighted by molar-refractivity contribution is 9.11. The first-order chi connectivity index (χ1) is 8.18. The summed E-state index contributed by atoms with van der Waals surface area (Å²) in [5.74, 6) is 0.505. The SMILES string of the molecule is CC(C)(CCCl)CNS(=O)(=O)c1cc(Cl)c(Br)s1. The molecule has 0 aromatic carbocycles. The number of alkyl halides is 1. The molecule has 0 aliphatic heterocycles. The fraction of sp³-hybridized carbons (Fsp3) is 0.600. The lowest BCUT2D eigenvalue weighted by atomic mass is 9.91. The third kappa shape index (κ3) is 4.65. The van der Waals surface area contributed by atoms with Gasteiger partial charge in [-0.25, -0.2) is 13.1 Å². The lowest BCUT2D eigenvalue weighted by Crippen LogP contribution is -2.33. The van der Waals surface area contributed by atoms with E-state index in [1.54, 1.807) is 0 Å². The van der Waals surface area contributed by atoms with Gasteiger partial charge in [-0.15, -0.1) is 22.9 Å². The summed E-state index contributed by atoms with van der Waals surface area (Å²) in [7, 11) is -3.50. The Balaban J connectivity index is 2.77. The van der Waals surface area contributed by atoms with Gasteiger partial charge in [0.05, 0.1) is 8.81 Å². The quantitative estimate of drug-likeness (QED) is 0.738. The van der Waals surface area contributed by atoms with E-state index >= 15 is 0 Å². The Labute approximate surface area is 130 Å². The maximum absolute atomic E-state index is 12.0. The van der Waals surface area contributed by atoms with Crippen LogP contribution in [0.15, 0.2) is 14.1 Å². The minimum absolute atomic E-state index is 0.174. The zero-order chi connectivity index (χ0) is 14.0. The van der Waals surface area contributed by atoms with Gasteiger partial charge in [0.25, 0.3) is 0 Å². The highest BCUT2D eigenvalue weighted by atomic mass is 79.9. The molecule has 0 atom stereocenters. The second kappa shape index (κ2) is 6.41. The maximum atomic E-state index is 12.0. The third-order valence-corrected chi connectivity index (χ3v) is 6.94. The molecule has 0 saturated heterocycles. The van der Waals surface area contributed by atoms with Crippen molar-refractivity contribution in [1.29, 1.82) is 0 Å². The molecule has 1 heterocycles. The average molecular weight is 395 g/mol. The van der Waals surface area contributed by atoms with Crippen LogP contribution in [0.25, 0.3) is 0 Å². The van der Waals surface area contributed by atoms with Crippen molar-refractivity contribution in [3.63, 3.8) is 0 Å². The van der Waals surface area contributed by atoms with Crippen LogP contribution in [0.5, 0.6) is 0 Å². The Bertz CT molecular complexity index is 494. The van der Waals surface area contributed by atoms with Crippen LogP contribution < -0.4 is 4.72 Å². The Morgan fingerprint density at radius 2 is 2.11 bits per heavy atom. The van der Waals surface area contributed by atoms with Gasteiger partial charge < -0.3 is 0 Å². The van der Waals surface area contributed by atoms with E-state index in [9.17, 15) is 8.42 Å². The second-order valence-corrected chi connectivity index (χ2v) is 9.76. The van der Waals surface area contributed by atoms with Crippen molar-refractivity contribution in [2.24, 2.45) is 5.41 Å². The summed E-state index contributed by atoms with van der Waals surface area (Å²) in [4.78, 5) is 0. The van der Waals surface area contributed by atoms with Gasteiger partial charge in [0.15, 0.2) is 0 Å². The predicted octanol–water partition coefficient (Wildman–Crippen LogP) is 4.10. The summed E-state index contributed by atoms with van der Waals surface area (Å²) in [5.41, 5.74) is -0.174. The molecule has 0 fully saturated rings. The van der Waals surface area contributed by atoms with Crippen LogP contribution in [0.3, 0.4) is 0 Å². The molecule has 1 aromatic rings. The highest BCUT2D eigenvalue weighted by Gasteiger charge is 2.23. The first-order valence-electron chi connectivity index (χ1n) is 5.18. The van der Waals surface area contributed by atoms with E-state index in [0.29, 0.717) is 21.2 Å². The molecular formula is C10H14BrCl2NO2S2. The smallest absolute Gasteiger partial charge is 0.210 e. The van der Waals surface area contributed by atoms with Crippen molar-refractivity contribution in [3.8, 4) is 0 Å². The Morgan fingerprint density at radius 3 is 2.56 bits per heavy atom. The van der Waals surface area contributed by atoms with Crippen LogP contribution >= 0.6 is 50.5 Å². The molecule has 1 N–H and O–H groups in total. The van der Waals surface area contributed by atoms with Crippen LogP contribution in [0, 0.1) is 5.41 Å². The summed E-state index contributed by atoms with van der Waals surface area (Å²) in [5, 5.41) is 0.403. The number of hydrogen-bond acceptors (Lipinski definition) is 3. The summed E-state index contributed by atoms with van der Waals surface area (Å²) in [6.45, 7) is 4.28. The number of rotatable bonds is 6. The van der Waals surface area contributed by atoms with Crippen molar-refractivity contribution >= 4 is 60.5 Å². The Morgan fingerprint density at radius 1 is 1.50 bits per heavy atom. The van der Waals surface area contributed by atoms with Gasteiger partial charge in [0.1, 0.15) is 4.21 Å². The van der Waals surface area contributed by atoms with Gasteiger partial charge in [-0.05, 0) is 33.8 Å². The lowest BCUT2D eigenvalue weighted by molar-refractivity contribution is 0.352. The van der Waals surface area contributed by atoms with E-state index in [2.05, 4.69) is 20.7 Å². The number of thiophene rings is 1. The molecule has 0 radical (unpaired) electrons. The number of sulfonamides is 1. The van der Waals surface area contributed by atoms with E-state index < -0.39 is 10.0 Å². The van der Waals surface area contributed by atoms with Crippen molar-refractivity contribution in [2.75, 3.05) is 12.4 Å². The molecule has 0 saturated carbocycles. The van der Waals surface area contributed by atoms with Crippen LogP contribution in [-0.4, -0.2) is 20.8 Å². The zero-order valence-corrected chi connectivity index (χ0v) is 14.7. The first-order valence-corrected chi connectivity index (χ1v) is 9.19. The van der Waals surface area contributed by atoms with Crippen molar-refractivity contribution in [3.05, 3.63) is 14.9 Å². The summed E-state index contributed by atoms with van der Waals surface area (Å²) in [6, 6.07) is 1.44. The molecule has 0 aliphatic rings. The Kier molecular flexibility index (Phi) is 5.96. The molecule has 1 aromatic heterocycles. The fourth-order valence-corrected chi connectivity index (χ4v) is 5.36. The minimum Gasteiger partial charge on any atom is -0.210 e. The largest absolute Gasteiger partial charge is 0.250 e. The van der Waals surface area contributed by atoms with E-state index in [0.717, 1.165) is 17.8 Å². The van der Waals surface area contributed by atoms with Gasteiger partial charge in [-0.1, -0.05) is 25.4 Å².